The van der Waals surface area contributed by atoms with Gasteiger partial charge in [0.25, 0.3) is 0 Å². The van der Waals surface area contributed by atoms with E-state index < -0.39 is 60.7 Å². The number of esters is 1. The van der Waals surface area contributed by atoms with E-state index in [1.807, 2.05) is 0 Å². The molecule has 224 valence electrons. The monoisotopic (exact) mass is 619 g/mol. The Bertz CT molecular complexity index is 1650. The van der Waals surface area contributed by atoms with Crippen molar-refractivity contribution >= 4 is 17.6 Å². The van der Waals surface area contributed by atoms with Gasteiger partial charge in [-0.1, -0.05) is 11.6 Å². The van der Waals surface area contributed by atoms with Gasteiger partial charge in [0.05, 0.1) is 6.54 Å². The molecule has 42 heavy (non-hydrogen) atoms. The van der Waals surface area contributed by atoms with Crippen molar-refractivity contribution in [1.29, 1.82) is 0 Å². The lowest BCUT2D eigenvalue weighted by Gasteiger charge is -2.15. The first-order valence-corrected chi connectivity index (χ1v) is 12.3. The molecule has 0 bridgehead atoms. The molecule has 1 N–H and O–H groups in total. The molecule has 0 aliphatic heterocycles. The van der Waals surface area contributed by atoms with Crippen LogP contribution in [-0.4, -0.2) is 57.5 Å². The summed E-state index contributed by atoms with van der Waals surface area (Å²) in [5.74, 6) is -2.35. The second-order valence-corrected chi connectivity index (χ2v) is 9.30. The SMILES string of the molecule is CC(=O)OC(C)c1nc(Cn2nc(-c3ccc(Cl)cc3)n(C[C@H](O)C(F)(F)F)c2=O)nn1-c1ncccc1C(F)(F)F. The Morgan fingerprint density at radius 3 is 2.36 bits per heavy atom. The van der Waals surface area contributed by atoms with Crippen LogP contribution in [0, 0.1) is 0 Å². The van der Waals surface area contributed by atoms with Crippen LogP contribution in [-0.2, 0) is 28.8 Å². The quantitative estimate of drug-likeness (QED) is 0.232. The van der Waals surface area contributed by atoms with Gasteiger partial charge < -0.3 is 9.84 Å². The van der Waals surface area contributed by atoms with Gasteiger partial charge >= 0.3 is 24.0 Å². The average Bonchev–Trinajstić information content (AvgIpc) is 3.45. The van der Waals surface area contributed by atoms with Crippen molar-refractivity contribution in [3.8, 4) is 17.2 Å². The Morgan fingerprint density at radius 2 is 1.76 bits per heavy atom. The number of aliphatic hydroxyl groups is 1. The maximum Gasteiger partial charge on any atom is 0.420 e. The zero-order valence-electron chi connectivity index (χ0n) is 21.6. The normalized spacial score (nSPS) is 13.7. The van der Waals surface area contributed by atoms with E-state index in [2.05, 4.69) is 20.2 Å². The number of nitrogens with zero attached hydrogens (tertiary/aromatic N) is 7. The predicted octanol–water partition coefficient (Wildman–Crippen LogP) is 3.96. The summed E-state index contributed by atoms with van der Waals surface area (Å²) in [4.78, 5) is 32.6. The third-order valence-corrected chi connectivity index (χ3v) is 5.98. The zero-order chi connectivity index (χ0) is 31.0. The molecule has 0 aliphatic carbocycles. The molecular weight excluding hydrogens is 600 g/mol. The number of carbonyl (C=O) groups excluding carboxylic acids is 1. The number of pyridine rings is 1. The number of hydrogen-bond donors (Lipinski definition) is 1. The lowest BCUT2D eigenvalue weighted by molar-refractivity contribution is -0.207. The molecule has 0 spiro atoms. The topological polar surface area (TPSA) is 130 Å². The highest BCUT2D eigenvalue weighted by atomic mass is 35.5. The smallest absolute Gasteiger partial charge is 0.420 e. The van der Waals surface area contributed by atoms with Crippen molar-refractivity contribution in [2.24, 2.45) is 0 Å². The van der Waals surface area contributed by atoms with E-state index in [0.29, 0.717) is 19.0 Å². The molecule has 0 amide bonds. The molecular formula is C24H20ClF6N7O4. The molecule has 4 aromatic rings. The number of carbonyl (C=O) groups is 1. The molecule has 11 nitrogen and oxygen atoms in total. The summed E-state index contributed by atoms with van der Waals surface area (Å²) in [5.41, 5.74) is -2.12. The number of alkyl halides is 6. The maximum absolute atomic E-state index is 13.8. The number of benzene rings is 1. The summed E-state index contributed by atoms with van der Waals surface area (Å²) in [6, 6.07) is 7.39. The van der Waals surface area contributed by atoms with E-state index >= 15 is 0 Å². The summed E-state index contributed by atoms with van der Waals surface area (Å²) in [6.07, 6.45) is -13.0. The first kappa shape index (κ1) is 30.7. The van der Waals surface area contributed by atoms with E-state index in [0.717, 1.165) is 25.3 Å². The van der Waals surface area contributed by atoms with Gasteiger partial charge in [-0.15, -0.1) is 10.2 Å². The van der Waals surface area contributed by atoms with Crippen LogP contribution in [0.5, 0.6) is 0 Å². The van der Waals surface area contributed by atoms with Gasteiger partial charge in [-0.25, -0.2) is 19.4 Å². The zero-order valence-corrected chi connectivity index (χ0v) is 22.3. The Hall–Kier alpha value is -4.25. The Morgan fingerprint density at radius 1 is 1.10 bits per heavy atom. The second kappa shape index (κ2) is 11.6. The lowest BCUT2D eigenvalue weighted by Crippen LogP contribution is -2.37. The van der Waals surface area contributed by atoms with Crippen LogP contribution < -0.4 is 5.69 Å². The van der Waals surface area contributed by atoms with Gasteiger partial charge in [-0.05, 0) is 43.3 Å². The summed E-state index contributed by atoms with van der Waals surface area (Å²) in [5, 5.41) is 18.1. The lowest BCUT2D eigenvalue weighted by atomic mass is 10.2. The van der Waals surface area contributed by atoms with Crippen LogP contribution in [0.1, 0.15) is 37.2 Å². The number of ether oxygens (including phenoxy) is 1. The molecule has 1 aromatic carbocycles. The highest BCUT2D eigenvalue weighted by Gasteiger charge is 2.40. The molecule has 0 fully saturated rings. The molecule has 0 saturated heterocycles. The first-order valence-electron chi connectivity index (χ1n) is 11.9. The molecule has 1 unspecified atom stereocenters. The maximum atomic E-state index is 13.8. The number of aromatic nitrogens is 7. The Kier molecular flexibility index (Phi) is 8.45. The summed E-state index contributed by atoms with van der Waals surface area (Å²) in [6.45, 7) is 0.551. The van der Waals surface area contributed by atoms with Crippen molar-refractivity contribution < 1.29 is 41.0 Å². The number of halogens is 7. The molecule has 2 atom stereocenters. The summed E-state index contributed by atoms with van der Waals surface area (Å²) in [7, 11) is 0. The first-order chi connectivity index (χ1) is 19.6. The predicted molar refractivity (Wildman–Crippen MR) is 132 cm³/mol. The van der Waals surface area contributed by atoms with Crippen molar-refractivity contribution in [2.45, 2.75) is 51.5 Å². The standard InChI is InChI=1S/C24H20ClF6N7O4/c1-12(42-13(2)39)19-33-18(34-38(19)21-16(23(26,27)28)4-3-9-32-21)11-37-22(41)36(10-17(40)24(29,30)31)20(35-37)14-5-7-15(25)8-6-14/h3-9,12,17,40H,10-11H2,1-2H3/t12?,17-/m0/s1. The van der Waals surface area contributed by atoms with Gasteiger partial charge in [-0.2, -0.15) is 31.0 Å². The van der Waals surface area contributed by atoms with E-state index in [9.17, 15) is 41.0 Å². The molecule has 0 radical (unpaired) electrons. The number of hydrogen-bond acceptors (Lipinski definition) is 8. The largest absolute Gasteiger partial charge is 0.455 e. The molecule has 4 rings (SSSR count). The fourth-order valence-electron chi connectivity index (χ4n) is 3.87. The minimum Gasteiger partial charge on any atom is -0.455 e. The third-order valence-electron chi connectivity index (χ3n) is 5.72. The number of aliphatic hydroxyl groups excluding tert-OH is 1. The van der Waals surface area contributed by atoms with E-state index in [1.165, 1.54) is 31.2 Å². The summed E-state index contributed by atoms with van der Waals surface area (Å²) >= 11 is 5.88. The van der Waals surface area contributed by atoms with Gasteiger partial charge in [-0.3, -0.25) is 9.36 Å². The van der Waals surface area contributed by atoms with Gasteiger partial charge in [0, 0.05) is 23.7 Å². The highest BCUT2D eigenvalue weighted by Crippen LogP contribution is 2.33. The second-order valence-electron chi connectivity index (χ2n) is 8.86. The summed E-state index contributed by atoms with van der Waals surface area (Å²) < 4.78 is 87.7. The fourth-order valence-corrected chi connectivity index (χ4v) is 4.00. The minimum absolute atomic E-state index is 0.176. The minimum atomic E-state index is -5.06. The molecule has 3 aromatic heterocycles. The van der Waals surface area contributed by atoms with Crippen molar-refractivity contribution in [3.05, 3.63) is 75.3 Å². The van der Waals surface area contributed by atoms with Crippen LogP contribution in [0.3, 0.4) is 0 Å². The van der Waals surface area contributed by atoms with Crippen LogP contribution in [0.4, 0.5) is 26.3 Å². The van der Waals surface area contributed by atoms with Crippen molar-refractivity contribution in [1.82, 2.24) is 34.1 Å². The number of rotatable bonds is 8. The molecule has 3 heterocycles. The molecule has 0 saturated carbocycles. The van der Waals surface area contributed by atoms with Crippen molar-refractivity contribution in [3.63, 3.8) is 0 Å². The fraction of sp³-hybridized carbons (Fsp3) is 0.333. The van der Waals surface area contributed by atoms with Crippen LogP contribution in [0.15, 0.2) is 47.4 Å². The Balaban J connectivity index is 1.83. The van der Waals surface area contributed by atoms with Gasteiger partial charge in [0.2, 0.25) is 0 Å². The van der Waals surface area contributed by atoms with E-state index in [-0.39, 0.29) is 23.0 Å². The van der Waals surface area contributed by atoms with E-state index in [1.54, 1.807) is 0 Å². The average molecular weight is 620 g/mol. The third kappa shape index (κ3) is 6.62. The molecule has 18 heteroatoms. The van der Waals surface area contributed by atoms with E-state index in [4.69, 9.17) is 16.3 Å². The Labute approximate surface area is 236 Å². The molecule has 0 aliphatic rings. The van der Waals surface area contributed by atoms with Crippen LogP contribution in [0.25, 0.3) is 17.2 Å². The van der Waals surface area contributed by atoms with Crippen LogP contribution >= 0.6 is 11.6 Å². The van der Waals surface area contributed by atoms with Gasteiger partial charge in [0.15, 0.2) is 35.5 Å². The van der Waals surface area contributed by atoms with Crippen molar-refractivity contribution in [2.75, 3.05) is 0 Å². The van der Waals surface area contributed by atoms with Gasteiger partial charge in [0.1, 0.15) is 12.1 Å². The van der Waals surface area contributed by atoms with Crippen LogP contribution in [0.2, 0.25) is 5.02 Å². The highest BCUT2D eigenvalue weighted by molar-refractivity contribution is 6.30.